The molecule has 0 spiro atoms. The molecule has 2 aromatic rings. The summed E-state index contributed by atoms with van der Waals surface area (Å²) in [5, 5.41) is 2.73. The van der Waals surface area contributed by atoms with Gasteiger partial charge in [-0.1, -0.05) is 23.9 Å². The van der Waals surface area contributed by atoms with Crippen molar-refractivity contribution in [1.29, 1.82) is 0 Å². The highest BCUT2D eigenvalue weighted by Crippen LogP contribution is 2.25. The summed E-state index contributed by atoms with van der Waals surface area (Å²) in [5.41, 5.74) is 0.845. The molecule has 1 aromatic heterocycles. The zero-order chi connectivity index (χ0) is 19.1. The number of anilines is 1. The number of aromatic amines is 1. The lowest BCUT2D eigenvalue weighted by Gasteiger charge is -2.14. The van der Waals surface area contributed by atoms with Gasteiger partial charge in [0.05, 0.1) is 36.5 Å². The second-order valence-electron chi connectivity index (χ2n) is 5.85. The van der Waals surface area contributed by atoms with Gasteiger partial charge in [-0.3, -0.25) is 9.59 Å². The van der Waals surface area contributed by atoms with Crippen LogP contribution in [0.2, 0.25) is 0 Å². The quantitative estimate of drug-likeness (QED) is 0.543. The normalized spacial score (nSPS) is 12.0. The fourth-order valence-corrected chi connectivity index (χ4v) is 2.90. The Morgan fingerprint density at radius 1 is 1.31 bits per heavy atom. The summed E-state index contributed by atoms with van der Waals surface area (Å²) >= 11 is 1.17. The van der Waals surface area contributed by atoms with Crippen molar-refractivity contribution >= 4 is 23.4 Å². The van der Waals surface area contributed by atoms with Crippen molar-refractivity contribution in [3.63, 3.8) is 0 Å². The molecule has 0 saturated carbocycles. The average molecular weight is 377 g/mol. The topological polar surface area (TPSA) is 93.3 Å². The maximum Gasteiger partial charge on any atom is 0.251 e. The molecule has 1 atom stereocenters. The first-order chi connectivity index (χ1) is 12.4. The summed E-state index contributed by atoms with van der Waals surface area (Å²) in [6.45, 7) is 5.81. The number of methoxy groups -OCH3 is 1. The molecule has 0 bridgehead atoms. The Bertz CT molecular complexity index is 807. The summed E-state index contributed by atoms with van der Waals surface area (Å²) in [6.07, 6.45) is 0.0396. The Kier molecular flexibility index (Phi) is 7.23. The van der Waals surface area contributed by atoms with Crippen molar-refractivity contribution in [2.75, 3.05) is 12.4 Å². The lowest BCUT2D eigenvalue weighted by molar-refractivity contribution is -0.115. The molecule has 8 heteroatoms. The van der Waals surface area contributed by atoms with Crippen molar-refractivity contribution in [1.82, 2.24) is 9.97 Å². The Morgan fingerprint density at radius 2 is 2.04 bits per heavy atom. The molecule has 0 aliphatic heterocycles. The van der Waals surface area contributed by atoms with E-state index in [-0.39, 0.29) is 24.2 Å². The third-order valence-electron chi connectivity index (χ3n) is 3.36. The van der Waals surface area contributed by atoms with Gasteiger partial charge in [-0.15, -0.1) is 0 Å². The maximum absolute atomic E-state index is 12.4. The zero-order valence-corrected chi connectivity index (χ0v) is 16.1. The molecule has 2 rings (SSSR count). The van der Waals surface area contributed by atoms with Crippen LogP contribution in [-0.2, 0) is 16.1 Å². The van der Waals surface area contributed by atoms with Gasteiger partial charge in [0.15, 0.2) is 5.16 Å². The number of carbonyl (C=O) groups excluding carboxylic acids is 1. The van der Waals surface area contributed by atoms with E-state index in [1.165, 1.54) is 17.8 Å². The third kappa shape index (κ3) is 5.89. The minimum atomic E-state index is -0.468. The number of carbonyl (C=O) groups is 1. The summed E-state index contributed by atoms with van der Waals surface area (Å²) < 4.78 is 10.7. The molecule has 1 amide bonds. The fourth-order valence-electron chi connectivity index (χ4n) is 2.07. The van der Waals surface area contributed by atoms with Crippen molar-refractivity contribution in [2.24, 2.45) is 0 Å². The molecule has 1 unspecified atom stereocenters. The molecule has 2 N–H and O–H groups in total. The summed E-state index contributed by atoms with van der Waals surface area (Å²) in [5.74, 6) is 0.364. The van der Waals surface area contributed by atoms with Gasteiger partial charge >= 0.3 is 0 Å². The number of thioether (sulfide) groups is 1. The zero-order valence-electron chi connectivity index (χ0n) is 15.2. The number of nitrogens with one attached hydrogen (secondary N) is 2. The second-order valence-corrected chi connectivity index (χ2v) is 7.18. The number of hydrogen-bond acceptors (Lipinski definition) is 6. The largest absolute Gasteiger partial charge is 0.495 e. The van der Waals surface area contributed by atoms with Gasteiger partial charge in [0.1, 0.15) is 5.75 Å². The molecule has 7 nitrogen and oxygen atoms in total. The van der Waals surface area contributed by atoms with E-state index in [9.17, 15) is 9.59 Å². The SMILES string of the molecule is COc1ccccc1NC(=O)C(C)Sc1nc(COC(C)C)cc(=O)[nH]1. The number of aromatic nitrogens is 2. The molecule has 1 heterocycles. The lowest BCUT2D eigenvalue weighted by atomic mass is 10.3. The van der Waals surface area contributed by atoms with Crippen LogP contribution < -0.4 is 15.6 Å². The summed E-state index contributed by atoms with van der Waals surface area (Å²) in [4.78, 5) is 31.2. The molecular weight excluding hydrogens is 354 g/mol. The van der Waals surface area contributed by atoms with Crippen LogP contribution in [0.5, 0.6) is 5.75 Å². The van der Waals surface area contributed by atoms with Crippen molar-refractivity contribution in [2.45, 2.75) is 43.9 Å². The van der Waals surface area contributed by atoms with Gasteiger partial charge in [-0.05, 0) is 32.9 Å². The van der Waals surface area contributed by atoms with Gasteiger partial charge in [-0.25, -0.2) is 4.98 Å². The minimum absolute atomic E-state index is 0.0396. The molecule has 0 saturated heterocycles. The van der Waals surface area contributed by atoms with Crippen LogP contribution in [0.1, 0.15) is 26.5 Å². The Hall–Kier alpha value is -2.32. The van der Waals surface area contributed by atoms with Crippen LogP contribution >= 0.6 is 11.8 Å². The molecule has 0 aliphatic carbocycles. The van der Waals surface area contributed by atoms with E-state index in [1.807, 2.05) is 26.0 Å². The van der Waals surface area contributed by atoms with Crippen LogP contribution in [0, 0.1) is 0 Å². The molecule has 0 fully saturated rings. The number of hydrogen-bond donors (Lipinski definition) is 2. The molecule has 1 aromatic carbocycles. The van der Waals surface area contributed by atoms with Gasteiger partial charge in [0.25, 0.3) is 5.56 Å². The summed E-state index contributed by atoms with van der Waals surface area (Å²) in [6, 6.07) is 8.56. The Labute approximate surface area is 156 Å². The number of para-hydroxylation sites is 2. The van der Waals surface area contributed by atoms with Crippen LogP contribution in [0.15, 0.2) is 40.3 Å². The number of nitrogens with zero attached hydrogens (tertiary/aromatic N) is 1. The predicted octanol–water partition coefficient (Wildman–Crippen LogP) is 2.82. The molecule has 140 valence electrons. The van der Waals surface area contributed by atoms with Crippen LogP contribution in [-0.4, -0.2) is 34.3 Å². The highest BCUT2D eigenvalue weighted by Gasteiger charge is 2.18. The third-order valence-corrected chi connectivity index (χ3v) is 4.34. The second kappa shape index (κ2) is 9.40. The predicted molar refractivity (Wildman–Crippen MR) is 102 cm³/mol. The number of benzene rings is 1. The fraction of sp³-hybridized carbons (Fsp3) is 0.389. The maximum atomic E-state index is 12.4. The van der Waals surface area contributed by atoms with Gasteiger partial charge in [-0.2, -0.15) is 0 Å². The van der Waals surface area contributed by atoms with Crippen molar-refractivity contribution in [3.05, 3.63) is 46.4 Å². The number of rotatable bonds is 8. The van der Waals surface area contributed by atoms with E-state index >= 15 is 0 Å². The number of amides is 1. The van der Waals surface area contributed by atoms with Crippen LogP contribution in [0.3, 0.4) is 0 Å². The standard InChI is InChI=1S/C18H23N3O4S/c1-11(2)25-10-13-9-16(22)21-18(19-13)26-12(3)17(23)20-14-7-5-6-8-15(14)24-4/h5-9,11-12H,10H2,1-4H3,(H,20,23)(H,19,21,22). The van der Waals surface area contributed by atoms with E-state index < -0.39 is 5.25 Å². The van der Waals surface area contributed by atoms with Crippen LogP contribution in [0.4, 0.5) is 5.69 Å². The van der Waals surface area contributed by atoms with E-state index in [0.717, 1.165) is 0 Å². The van der Waals surface area contributed by atoms with E-state index in [1.54, 1.807) is 26.2 Å². The van der Waals surface area contributed by atoms with E-state index in [0.29, 0.717) is 22.3 Å². The van der Waals surface area contributed by atoms with Crippen molar-refractivity contribution in [3.8, 4) is 5.75 Å². The monoisotopic (exact) mass is 377 g/mol. The minimum Gasteiger partial charge on any atom is -0.495 e. The first kappa shape index (κ1) is 20.0. The smallest absolute Gasteiger partial charge is 0.251 e. The Morgan fingerprint density at radius 3 is 2.73 bits per heavy atom. The van der Waals surface area contributed by atoms with Crippen molar-refractivity contribution < 1.29 is 14.3 Å². The highest BCUT2D eigenvalue weighted by atomic mass is 32.2. The van der Waals surface area contributed by atoms with Gasteiger partial charge in [0, 0.05) is 6.07 Å². The lowest BCUT2D eigenvalue weighted by Crippen LogP contribution is -2.23. The first-order valence-electron chi connectivity index (χ1n) is 8.21. The molecule has 0 aliphatic rings. The average Bonchev–Trinajstić information content (AvgIpc) is 2.60. The van der Waals surface area contributed by atoms with E-state index in [4.69, 9.17) is 9.47 Å². The molecule has 0 radical (unpaired) electrons. The summed E-state index contributed by atoms with van der Waals surface area (Å²) in [7, 11) is 1.54. The Balaban J connectivity index is 2.05. The number of ether oxygens (including phenoxy) is 2. The van der Waals surface area contributed by atoms with E-state index in [2.05, 4.69) is 15.3 Å². The van der Waals surface area contributed by atoms with Gasteiger partial charge in [0.2, 0.25) is 5.91 Å². The molecular formula is C18H23N3O4S. The number of H-pyrrole nitrogens is 1. The van der Waals surface area contributed by atoms with Crippen LogP contribution in [0.25, 0.3) is 0 Å². The molecule has 26 heavy (non-hydrogen) atoms. The first-order valence-corrected chi connectivity index (χ1v) is 9.09. The highest BCUT2D eigenvalue weighted by molar-refractivity contribution is 8.00. The van der Waals surface area contributed by atoms with Gasteiger partial charge < -0.3 is 19.8 Å².